The van der Waals surface area contributed by atoms with E-state index < -0.39 is 0 Å². The fourth-order valence-electron chi connectivity index (χ4n) is 7.95. The van der Waals surface area contributed by atoms with Crippen molar-refractivity contribution in [2.75, 3.05) is 13.2 Å². The van der Waals surface area contributed by atoms with E-state index in [9.17, 15) is 9.90 Å². The third kappa shape index (κ3) is 2.15. The van der Waals surface area contributed by atoms with Crippen molar-refractivity contribution >= 4 is 5.78 Å². The summed E-state index contributed by atoms with van der Waals surface area (Å²) in [6.45, 7) is 3.69. The molecule has 7 unspecified atom stereocenters. The molecule has 1 spiro atoms. The van der Waals surface area contributed by atoms with Crippen molar-refractivity contribution < 1.29 is 14.6 Å². The number of carbonyl (C=O) groups excluding carboxylic acids is 1. The Morgan fingerprint density at radius 1 is 1.20 bits per heavy atom. The quantitative estimate of drug-likeness (QED) is 0.785. The largest absolute Gasteiger partial charge is 0.396 e. The molecule has 1 heterocycles. The van der Waals surface area contributed by atoms with Gasteiger partial charge < -0.3 is 9.84 Å². The van der Waals surface area contributed by atoms with Crippen LogP contribution in [0.25, 0.3) is 0 Å². The van der Waals surface area contributed by atoms with Gasteiger partial charge in [0.25, 0.3) is 0 Å². The molecule has 4 fully saturated rings. The Morgan fingerprint density at radius 2 is 2.08 bits per heavy atom. The molecular weight excluding hydrogens is 312 g/mol. The Balaban J connectivity index is 1.49. The van der Waals surface area contributed by atoms with E-state index in [1.807, 2.05) is 6.08 Å². The third-order valence-electron chi connectivity index (χ3n) is 9.11. The maximum absolute atomic E-state index is 12.0. The van der Waals surface area contributed by atoms with Gasteiger partial charge in [-0.15, -0.1) is 0 Å². The minimum Gasteiger partial charge on any atom is -0.396 e. The molecule has 3 nitrogen and oxygen atoms in total. The molecular formula is C22H32O3. The highest BCUT2D eigenvalue weighted by molar-refractivity contribution is 5.91. The first-order chi connectivity index (χ1) is 12.1. The highest BCUT2D eigenvalue weighted by Gasteiger charge is 2.64. The normalized spacial score (nSPS) is 51.8. The molecule has 138 valence electrons. The lowest BCUT2D eigenvalue weighted by Crippen LogP contribution is -2.53. The summed E-state index contributed by atoms with van der Waals surface area (Å²) in [4.78, 5) is 12.0. The van der Waals surface area contributed by atoms with E-state index >= 15 is 0 Å². The highest BCUT2D eigenvalue weighted by atomic mass is 16.5. The van der Waals surface area contributed by atoms with Crippen molar-refractivity contribution in [1.29, 1.82) is 0 Å². The summed E-state index contributed by atoms with van der Waals surface area (Å²) in [7, 11) is 0. The van der Waals surface area contributed by atoms with Crippen LogP contribution in [0.2, 0.25) is 0 Å². The molecule has 4 aliphatic carbocycles. The van der Waals surface area contributed by atoms with Crippen molar-refractivity contribution in [2.24, 2.45) is 35.0 Å². The number of ketones is 1. The molecule has 1 aliphatic heterocycles. The van der Waals surface area contributed by atoms with Gasteiger partial charge in [-0.25, -0.2) is 0 Å². The van der Waals surface area contributed by atoms with E-state index in [1.165, 1.54) is 44.1 Å². The zero-order valence-corrected chi connectivity index (χ0v) is 15.5. The number of aliphatic hydroxyl groups excluding tert-OH is 1. The number of carbonyl (C=O) groups is 1. The first-order valence-electron chi connectivity index (χ1n) is 10.6. The van der Waals surface area contributed by atoms with Gasteiger partial charge in [-0.05, 0) is 86.5 Å². The Labute approximate surface area is 151 Å². The summed E-state index contributed by atoms with van der Waals surface area (Å²) in [5.74, 6) is 3.25. The topological polar surface area (TPSA) is 46.5 Å². The summed E-state index contributed by atoms with van der Waals surface area (Å²) in [6, 6.07) is 0. The van der Waals surface area contributed by atoms with E-state index in [1.54, 1.807) is 0 Å². The number of ether oxygens (including phenoxy) is 1. The molecule has 0 bridgehead atoms. The molecule has 0 aromatic heterocycles. The number of rotatable bonds is 1. The molecule has 0 radical (unpaired) electrons. The molecule has 0 aromatic rings. The van der Waals surface area contributed by atoms with Crippen molar-refractivity contribution in [2.45, 2.75) is 70.3 Å². The fraction of sp³-hybridized carbons (Fsp3) is 0.864. The predicted octanol–water partition coefficient (Wildman–Crippen LogP) is 3.90. The summed E-state index contributed by atoms with van der Waals surface area (Å²) < 4.78 is 6.42. The fourth-order valence-corrected chi connectivity index (χ4v) is 7.95. The van der Waals surface area contributed by atoms with Gasteiger partial charge in [0.1, 0.15) is 0 Å². The van der Waals surface area contributed by atoms with Gasteiger partial charge >= 0.3 is 0 Å². The summed E-state index contributed by atoms with van der Waals surface area (Å²) in [5.41, 5.74) is 1.78. The van der Waals surface area contributed by atoms with Crippen LogP contribution in [0.5, 0.6) is 0 Å². The van der Waals surface area contributed by atoms with E-state index in [2.05, 4.69) is 6.92 Å². The summed E-state index contributed by atoms with van der Waals surface area (Å²) >= 11 is 0. The van der Waals surface area contributed by atoms with E-state index in [4.69, 9.17) is 4.74 Å². The SMILES string of the molecule is CC12CCC3C4CCC(=O)C=C4C(CO)CC3C1CCC21CCCO1. The zero-order valence-electron chi connectivity index (χ0n) is 15.5. The Hall–Kier alpha value is -0.670. The van der Waals surface area contributed by atoms with Crippen LogP contribution in [-0.2, 0) is 9.53 Å². The van der Waals surface area contributed by atoms with Crippen molar-refractivity contribution in [3.05, 3.63) is 11.6 Å². The lowest BCUT2D eigenvalue weighted by Gasteiger charge is -2.57. The first-order valence-corrected chi connectivity index (χ1v) is 10.6. The zero-order chi connectivity index (χ0) is 17.2. The summed E-state index contributed by atoms with van der Waals surface area (Å²) in [6.07, 6.45) is 12.3. The molecule has 1 saturated heterocycles. The molecule has 5 aliphatic rings. The van der Waals surface area contributed by atoms with Gasteiger partial charge in [0.05, 0.1) is 5.60 Å². The maximum atomic E-state index is 12.0. The molecule has 5 rings (SSSR count). The van der Waals surface area contributed by atoms with Crippen LogP contribution >= 0.6 is 0 Å². The average molecular weight is 344 g/mol. The van der Waals surface area contributed by atoms with Crippen LogP contribution in [0.3, 0.4) is 0 Å². The van der Waals surface area contributed by atoms with Crippen LogP contribution in [0, 0.1) is 35.0 Å². The smallest absolute Gasteiger partial charge is 0.155 e. The van der Waals surface area contributed by atoms with Crippen LogP contribution in [-0.4, -0.2) is 29.7 Å². The van der Waals surface area contributed by atoms with Crippen LogP contribution < -0.4 is 0 Å². The molecule has 3 heteroatoms. The third-order valence-corrected chi connectivity index (χ3v) is 9.11. The van der Waals surface area contributed by atoms with Crippen LogP contribution in [0.15, 0.2) is 11.6 Å². The average Bonchev–Trinajstić information content (AvgIpc) is 3.20. The minimum absolute atomic E-state index is 0.149. The van der Waals surface area contributed by atoms with Gasteiger partial charge in [0.15, 0.2) is 5.78 Å². The lowest BCUT2D eigenvalue weighted by atomic mass is 9.49. The summed E-state index contributed by atoms with van der Waals surface area (Å²) in [5, 5.41) is 10.0. The first kappa shape index (κ1) is 16.5. The lowest BCUT2D eigenvalue weighted by molar-refractivity contribution is -0.131. The van der Waals surface area contributed by atoms with Crippen LogP contribution in [0.4, 0.5) is 0 Å². The number of hydrogen-bond donors (Lipinski definition) is 1. The molecule has 0 amide bonds. The van der Waals surface area contributed by atoms with Gasteiger partial charge in [-0.3, -0.25) is 4.79 Å². The highest BCUT2D eigenvalue weighted by Crippen LogP contribution is 2.68. The number of hydrogen-bond acceptors (Lipinski definition) is 3. The maximum Gasteiger partial charge on any atom is 0.155 e. The van der Waals surface area contributed by atoms with Gasteiger partial charge in [0, 0.05) is 25.6 Å². The van der Waals surface area contributed by atoms with Gasteiger partial charge in [-0.1, -0.05) is 12.5 Å². The molecule has 7 atom stereocenters. The van der Waals surface area contributed by atoms with Gasteiger partial charge in [-0.2, -0.15) is 0 Å². The standard InChI is InChI=1S/C22H32O3/c1-21-8-5-17-16-4-3-15(24)12-18(16)14(13-23)11-19(17)20(21)6-9-22(21)7-2-10-25-22/h12,14,16-17,19-20,23H,2-11,13H2,1H3. The van der Waals surface area contributed by atoms with E-state index in [0.29, 0.717) is 17.8 Å². The van der Waals surface area contributed by atoms with E-state index in [0.717, 1.165) is 37.2 Å². The Kier molecular flexibility index (Phi) is 3.74. The number of aliphatic hydroxyl groups is 1. The van der Waals surface area contributed by atoms with Crippen LogP contribution in [0.1, 0.15) is 64.7 Å². The Bertz CT molecular complexity index is 602. The van der Waals surface area contributed by atoms with Crippen molar-refractivity contribution in [3.8, 4) is 0 Å². The predicted molar refractivity (Wildman–Crippen MR) is 96.0 cm³/mol. The Morgan fingerprint density at radius 3 is 2.84 bits per heavy atom. The second-order valence-electron chi connectivity index (χ2n) is 9.75. The molecule has 0 aromatic carbocycles. The van der Waals surface area contributed by atoms with Gasteiger partial charge in [0.2, 0.25) is 0 Å². The van der Waals surface area contributed by atoms with Crippen molar-refractivity contribution in [3.63, 3.8) is 0 Å². The van der Waals surface area contributed by atoms with E-state index in [-0.39, 0.29) is 23.9 Å². The molecule has 1 N–H and O–H groups in total. The second kappa shape index (κ2) is 5.66. The second-order valence-corrected chi connectivity index (χ2v) is 9.75. The monoisotopic (exact) mass is 344 g/mol. The minimum atomic E-state index is 0.149. The molecule has 25 heavy (non-hydrogen) atoms. The molecule has 3 saturated carbocycles. The number of fused-ring (bicyclic) bond motifs is 6. The van der Waals surface area contributed by atoms with Crippen molar-refractivity contribution in [1.82, 2.24) is 0 Å².